The lowest BCUT2D eigenvalue weighted by atomic mass is 10.6. The van der Waals surface area contributed by atoms with E-state index in [9.17, 15) is 14.4 Å². The normalized spacial score (nSPS) is 9.14. The number of nitrogens with one attached hydrogen (secondary N) is 3. The van der Waals surface area contributed by atoms with E-state index < -0.39 is 12.4 Å². The van der Waals surface area contributed by atoms with E-state index in [0.29, 0.717) is 0 Å². The average molecular weight is 203 g/mol. The Kier molecular flexibility index (Phi) is 5.05. The molecule has 0 unspecified atom stereocenters. The second-order valence-electron chi connectivity index (χ2n) is 2.47. The van der Waals surface area contributed by atoms with Gasteiger partial charge in [-0.25, -0.2) is 4.79 Å². The van der Waals surface area contributed by atoms with Gasteiger partial charge in [0.15, 0.2) is 6.29 Å². The van der Waals surface area contributed by atoms with Crippen molar-refractivity contribution >= 4 is 17.9 Å². The third-order valence-electron chi connectivity index (χ3n) is 1.14. The van der Waals surface area contributed by atoms with E-state index in [4.69, 9.17) is 0 Å². The summed E-state index contributed by atoms with van der Waals surface area (Å²) in [5.41, 5.74) is 0. The molecule has 7 nitrogen and oxygen atoms in total. The molecule has 0 aliphatic carbocycles. The lowest BCUT2D eigenvalue weighted by molar-refractivity contribution is -0.122. The fourth-order valence-corrected chi connectivity index (χ4v) is 0.692. The number of methoxy groups -OCH3 is 1. The lowest BCUT2D eigenvalue weighted by Crippen LogP contribution is -2.57. The first-order valence-electron chi connectivity index (χ1n) is 3.84. The molecule has 0 fully saturated rings. The number of alkyl carbamates (subject to hydrolysis) is 1. The van der Waals surface area contributed by atoms with Crippen molar-refractivity contribution in [2.75, 3.05) is 7.11 Å². The summed E-state index contributed by atoms with van der Waals surface area (Å²) in [6.45, 7) is 2.52. The van der Waals surface area contributed by atoms with E-state index >= 15 is 0 Å². The molecule has 0 aromatic carbocycles. The molecule has 0 saturated carbocycles. The van der Waals surface area contributed by atoms with E-state index in [2.05, 4.69) is 20.7 Å². The minimum atomic E-state index is -0.961. The first-order valence-corrected chi connectivity index (χ1v) is 3.84. The van der Waals surface area contributed by atoms with Crippen molar-refractivity contribution in [2.24, 2.45) is 0 Å². The van der Waals surface area contributed by atoms with E-state index in [1.807, 2.05) is 0 Å². The minimum Gasteiger partial charge on any atom is -0.453 e. The number of ether oxygens (including phenoxy) is 1. The van der Waals surface area contributed by atoms with Crippen molar-refractivity contribution in [3.05, 3.63) is 0 Å². The van der Waals surface area contributed by atoms with Gasteiger partial charge in [0.05, 0.1) is 7.11 Å². The molecule has 0 heterocycles. The quantitative estimate of drug-likeness (QED) is 0.507. The standard InChI is InChI=1S/C7H13N3O4/c1-4(11)8-6(9-5(2)12)10-7(13)14-3/h6H,1-3H3,(H,8,11)(H,9,12)(H,10,13). The van der Waals surface area contributed by atoms with Gasteiger partial charge in [-0.15, -0.1) is 0 Å². The first kappa shape index (κ1) is 12.2. The number of carbonyl (C=O) groups is 3. The summed E-state index contributed by atoms with van der Waals surface area (Å²) in [5, 5.41) is 6.79. The topological polar surface area (TPSA) is 96.5 Å². The number of carbonyl (C=O) groups excluding carboxylic acids is 3. The molecular formula is C7H13N3O4. The number of rotatable bonds is 3. The van der Waals surface area contributed by atoms with Gasteiger partial charge in [0.2, 0.25) is 11.8 Å². The fraction of sp³-hybridized carbons (Fsp3) is 0.571. The highest BCUT2D eigenvalue weighted by Crippen LogP contribution is 1.77. The smallest absolute Gasteiger partial charge is 0.409 e. The second kappa shape index (κ2) is 5.79. The average Bonchev–Trinajstić information content (AvgIpc) is 2.01. The SMILES string of the molecule is COC(=O)NC(NC(C)=O)NC(C)=O. The fourth-order valence-electron chi connectivity index (χ4n) is 0.692. The highest BCUT2D eigenvalue weighted by atomic mass is 16.5. The molecule has 14 heavy (non-hydrogen) atoms. The van der Waals surface area contributed by atoms with Gasteiger partial charge in [0, 0.05) is 13.8 Å². The van der Waals surface area contributed by atoms with Crippen LogP contribution in [-0.4, -0.2) is 31.3 Å². The van der Waals surface area contributed by atoms with Crippen LogP contribution in [-0.2, 0) is 14.3 Å². The van der Waals surface area contributed by atoms with Crippen LogP contribution >= 0.6 is 0 Å². The van der Waals surface area contributed by atoms with Crippen LogP contribution < -0.4 is 16.0 Å². The molecule has 3 amide bonds. The van der Waals surface area contributed by atoms with Gasteiger partial charge in [-0.1, -0.05) is 0 Å². The van der Waals surface area contributed by atoms with E-state index in [0.717, 1.165) is 0 Å². The second-order valence-corrected chi connectivity index (χ2v) is 2.47. The predicted molar refractivity (Wildman–Crippen MR) is 47.0 cm³/mol. The van der Waals surface area contributed by atoms with E-state index in [1.54, 1.807) is 0 Å². The maximum absolute atomic E-state index is 10.7. The predicted octanol–water partition coefficient (Wildman–Crippen LogP) is -1.10. The molecule has 0 aliphatic rings. The van der Waals surface area contributed by atoms with Crippen molar-refractivity contribution in [3.8, 4) is 0 Å². The van der Waals surface area contributed by atoms with Gasteiger partial charge in [-0.3, -0.25) is 14.9 Å². The zero-order chi connectivity index (χ0) is 11.1. The van der Waals surface area contributed by atoms with E-state index in [-0.39, 0.29) is 11.8 Å². The molecule has 0 spiro atoms. The summed E-state index contributed by atoms with van der Waals surface area (Å²) >= 11 is 0. The number of hydrogen-bond donors (Lipinski definition) is 3. The van der Waals surface area contributed by atoms with Crippen LogP contribution in [0.2, 0.25) is 0 Å². The van der Waals surface area contributed by atoms with Crippen LogP contribution in [0.1, 0.15) is 13.8 Å². The molecular weight excluding hydrogens is 190 g/mol. The van der Waals surface area contributed by atoms with Gasteiger partial charge >= 0.3 is 6.09 Å². The summed E-state index contributed by atoms with van der Waals surface area (Å²) in [7, 11) is 1.17. The third kappa shape index (κ3) is 5.81. The van der Waals surface area contributed by atoms with Crippen molar-refractivity contribution in [2.45, 2.75) is 20.1 Å². The lowest BCUT2D eigenvalue weighted by Gasteiger charge is -2.18. The van der Waals surface area contributed by atoms with Gasteiger partial charge in [-0.2, -0.15) is 0 Å². The molecule has 0 atom stereocenters. The molecule has 0 radical (unpaired) electrons. The largest absolute Gasteiger partial charge is 0.453 e. The van der Waals surface area contributed by atoms with Crippen molar-refractivity contribution in [1.82, 2.24) is 16.0 Å². The van der Waals surface area contributed by atoms with Crippen LogP contribution in [0.15, 0.2) is 0 Å². The molecule has 0 aliphatic heterocycles. The van der Waals surface area contributed by atoms with Gasteiger partial charge in [0.25, 0.3) is 0 Å². The summed E-state index contributed by atoms with van der Waals surface area (Å²) in [6, 6.07) is 0. The van der Waals surface area contributed by atoms with E-state index in [1.165, 1.54) is 21.0 Å². The molecule has 80 valence electrons. The molecule has 7 heteroatoms. The molecule has 0 aromatic heterocycles. The van der Waals surface area contributed by atoms with Gasteiger partial charge < -0.3 is 15.4 Å². The Labute approximate surface area is 81.2 Å². The maximum atomic E-state index is 10.7. The Morgan fingerprint density at radius 2 is 1.43 bits per heavy atom. The van der Waals surface area contributed by atoms with Crippen LogP contribution in [0.5, 0.6) is 0 Å². The summed E-state index contributed by atoms with van der Waals surface area (Å²) in [6.07, 6.45) is -1.71. The highest BCUT2D eigenvalue weighted by Gasteiger charge is 2.13. The van der Waals surface area contributed by atoms with Crippen molar-refractivity contribution in [3.63, 3.8) is 0 Å². The first-order chi connectivity index (χ1) is 6.45. The van der Waals surface area contributed by atoms with Crippen LogP contribution in [0.25, 0.3) is 0 Å². The Balaban J connectivity index is 4.16. The van der Waals surface area contributed by atoms with Crippen LogP contribution in [0, 0.1) is 0 Å². The van der Waals surface area contributed by atoms with Gasteiger partial charge in [-0.05, 0) is 0 Å². The Morgan fingerprint density at radius 3 is 1.71 bits per heavy atom. The van der Waals surface area contributed by atoms with Crippen molar-refractivity contribution < 1.29 is 19.1 Å². The minimum absolute atomic E-state index is 0.389. The summed E-state index contributed by atoms with van der Waals surface area (Å²) < 4.78 is 4.29. The molecule has 0 saturated heterocycles. The molecule has 3 N–H and O–H groups in total. The zero-order valence-corrected chi connectivity index (χ0v) is 8.21. The number of hydrogen-bond acceptors (Lipinski definition) is 4. The monoisotopic (exact) mass is 203 g/mol. The van der Waals surface area contributed by atoms with Crippen LogP contribution in [0.4, 0.5) is 4.79 Å². The van der Waals surface area contributed by atoms with Gasteiger partial charge in [0.1, 0.15) is 0 Å². The number of amides is 3. The summed E-state index contributed by atoms with van der Waals surface area (Å²) in [5.74, 6) is -0.777. The molecule has 0 bridgehead atoms. The van der Waals surface area contributed by atoms with Crippen LogP contribution in [0.3, 0.4) is 0 Å². The Hall–Kier alpha value is -1.79. The Bertz CT molecular complexity index is 225. The zero-order valence-electron chi connectivity index (χ0n) is 8.21. The summed E-state index contributed by atoms with van der Waals surface area (Å²) in [4.78, 5) is 32.1. The molecule has 0 aromatic rings. The highest BCUT2D eigenvalue weighted by molar-refractivity contribution is 5.77. The maximum Gasteiger partial charge on any atom is 0.409 e. The van der Waals surface area contributed by atoms with Crippen molar-refractivity contribution in [1.29, 1.82) is 0 Å². The Morgan fingerprint density at radius 1 is 1.00 bits per heavy atom. The molecule has 0 rings (SSSR count). The third-order valence-corrected chi connectivity index (χ3v) is 1.14.